The van der Waals surface area contributed by atoms with Crippen molar-refractivity contribution in [3.8, 4) is 5.69 Å². The van der Waals surface area contributed by atoms with E-state index in [0.717, 1.165) is 24.2 Å². The SMILES string of the molecule is CC1(C)CCNC1C(=O)N1C[C@H](F)CC1C(=O)NCc1cc(Cl)ccc1-n1cncn1. The van der Waals surface area contributed by atoms with Crippen molar-refractivity contribution >= 4 is 23.4 Å². The van der Waals surface area contributed by atoms with Gasteiger partial charge in [-0.25, -0.2) is 14.1 Å². The van der Waals surface area contributed by atoms with Crippen LogP contribution in [0.15, 0.2) is 30.9 Å². The lowest BCUT2D eigenvalue weighted by molar-refractivity contribution is -0.141. The zero-order chi connectivity index (χ0) is 22.2. The van der Waals surface area contributed by atoms with Gasteiger partial charge in [-0.15, -0.1) is 0 Å². The van der Waals surface area contributed by atoms with Crippen molar-refractivity contribution in [3.05, 3.63) is 41.4 Å². The second kappa shape index (κ2) is 8.55. The number of alkyl halides is 1. The van der Waals surface area contributed by atoms with Crippen molar-refractivity contribution in [2.75, 3.05) is 13.1 Å². The Morgan fingerprint density at radius 1 is 1.39 bits per heavy atom. The number of carbonyl (C=O) groups excluding carboxylic acids is 2. The first kappa shape index (κ1) is 21.7. The van der Waals surface area contributed by atoms with Gasteiger partial charge in [0.15, 0.2) is 0 Å². The quantitative estimate of drug-likeness (QED) is 0.728. The normalized spacial score (nSPS) is 25.0. The van der Waals surface area contributed by atoms with Crippen molar-refractivity contribution in [1.82, 2.24) is 30.3 Å². The van der Waals surface area contributed by atoms with Crippen LogP contribution in [0.2, 0.25) is 5.02 Å². The number of nitrogens with one attached hydrogen (secondary N) is 2. The molecule has 2 fully saturated rings. The molecule has 3 heterocycles. The highest BCUT2D eigenvalue weighted by Gasteiger charge is 2.47. The van der Waals surface area contributed by atoms with E-state index in [-0.39, 0.29) is 36.7 Å². The van der Waals surface area contributed by atoms with E-state index in [1.807, 2.05) is 13.8 Å². The average Bonchev–Trinajstić information content (AvgIpc) is 3.45. The number of nitrogens with zero attached hydrogens (tertiary/aromatic N) is 4. The number of likely N-dealkylation sites (tertiary alicyclic amines) is 1. The Hall–Kier alpha value is -2.52. The third kappa shape index (κ3) is 4.43. The van der Waals surface area contributed by atoms with Gasteiger partial charge in [0.25, 0.3) is 0 Å². The second-order valence-electron chi connectivity index (χ2n) is 8.80. The van der Waals surface area contributed by atoms with Crippen molar-refractivity contribution < 1.29 is 14.0 Å². The topological polar surface area (TPSA) is 92.2 Å². The summed E-state index contributed by atoms with van der Waals surface area (Å²) in [6.45, 7) is 4.85. The van der Waals surface area contributed by atoms with Crippen LogP contribution in [-0.2, 0) is 16.1 Å². The summed E-state index contributed by atoms with van der Waals surface area (Å²) in [5.74, 6) is -0.595. The monoisotopic (exact) mass is 448 g/mol. The van der Waals surface area contributed by atoms with Crippen molar-refractivity contribution in [3.63, 3.8) is 0 Å². The summed E-state index contributed by atoms with van der Waals surface area (Å²) in [5.41, 5.74) is 1.22. The summed E-state index contributed by atoms with van der Waals surface area (Å²) in [4.78, 5) is 31.4. The molecule has 2 N–H and O–H groups in total. The van der Waals surface area contributed by atoms with Crippen LogP contribution in [0.25, 0.3) is 5.69 Å². The molecule has 2 saturated heterocycles. The number of halogens is 2. The number of hydrogen-bond donors (Lipinski definition) is 2. The van der Waals surface area contributed by atoms with Gasteiger partial charge in [0.05, 0.1) is 18.3 Å². The zero-order valence-electron chi connectivity index (χ0n) is 17.5. The standard InChI is InChI=1S/C21H26ClFN6O2/c1-21(2)5-6-25-18(21)20(31)28-10-15(23)8-17(28)19(30)26-9-13-7-14(22)3-4-16(13)29-12-24-11-27-29/h3-4,7,11-12,15,17-18,25H,5-6,8-10H2,1-2H3,(H,26,30)/t15-,17?,18?/m1/s1. The number of benzene rings is 1. The smallest absolute Gasteiger partial charge is 0.243 e. The van der Waals surface area contributed by atoms with E-state index in [1.165, 1.54) is 11.2 Å². The van der Waals surface area contributed by atoms with Gasteiger partial charge in [0.2, 0.25) is 11.8 Å². The highest BCUT2D eigenvalue weighted by molar-refractivity contribution is 6.30. The molecule has 10 heteroatoms. The molecule has 31 heavy (non-hydrogen) atoms. The largest absolute Gasteiger partial charge is 0.350 e. The van der Waals surface area contributed by atoms with E-state index in [2.05, 4.69) is 20.7 Å². The van der Waals surface area contributed by atoms with Gasteiger partial charge in [-0.1, -0.05) is 25.4 Å². The maximum atomic E-state index is 14.3. The van der Waals surface area contributed by atoms with Gasteiger partial charge < -0.3 is 15.5 Å². The molecule has 2 aliphatic rings. The molecule has 3 atom stereocenters. The fourth-order valence-corrected chi connectivity index (χ4v) is 4.57. The van der Waals surface area contributed by atoms with Gasteiger partial charge in [0, 0.05) is 18.0 Å². The van der Waals surface area contributed by atoms with E-state index in [9.17, 15) is 14.0 Å². The molecule has 1 aromatic carbocycles. The van der Waals surface area contributed by atoms with Crippen molar-refractivity contribution in [2.24, 2.45) is 5.41 Å². The molecule has 2 amide bonds. The summed E-state index contributed by atoms with van der Waals surface area (Å²) >= 11 is 6.14. The second-order valence-corrected chi connectivity index (χ2v) is 9.23. The van der Waals surface area contributed by atoms with Crippen LogP contribution in [0.5, 0.6) is 0 Å². The zero-order valence-corrected chi connectivity index (χ0v) is 18.3. The molecule has 8 nitrogen and oxygen atoms in total. The van der Waals surface area contributed by atoms with Crippen LogP contribution in [0.4, 0.5) is 4.39 Å². The molecule has 166 valence electrons. The lowest BCUT2D eigenvalue weighted by atomic mass is 9.84. The first-order valence-electron chi connectivity index (χ1n) is 10.4. The Morgan fingerprint density at radius 3 is 2.87 bits per heavy atom. The van der Waals surface area contributed by atoms with Crippen molar-refractivity contribution in [2.45, 2.75) is 51.5 Å². The van der Waals surface area contributed by atoms with Gasteiger partial charge in [-0.05, 0) is 42.1 Å². The molecule has 0 bridgehead atoms. The van der Waals surface area contributed by atoms with E-state index < -0.39 is 18.3 Å². The number of aromatic nitrogens is 3. The van der Waals surface area contributed by atoms with Crippen LogP contribution in [-0.4, -0.2) is 62.8 Å². The first-order chi connectivity index (χ1) is 14.8. The Kier molecular flexibility index (Phi) is 5.98. The number of amides is 2. The molecule has 0 spiro atoms. The minimum absolute atomic E-state index is 0.00377. The van der Waals surface area contributed by atoms with Gasteiger partial charge in [-0.3, -0.25) is 9.59 Å². The number of carbonyl (C=O) groups is 2. The summed E-state index contributed by atoms with van der Waals surface area (Å²) in [6.07, 6.45) is 2.60. The lowest BCUT2D eigenvalue weighted by Gasteiger charge is -2.32. The third-order valence-corrected chi connectivity index (χ3v) is 6.38. The molecule has 2 unspecified atom stereocenters. The number of hydrogen-bond acceptors (Lipinski definition) is 5. The van der Waals surface area contributed by atoms with Crippen LogP contribution in [0, 0.1) is 5.41 Å². The molecule has 4 rings (SSSR count). The first-order valence-corrected chi connectivity index (χ1v) is 10.7. The molecule has 1 aromatic heterocycles. The summed E-state index contributed by atoms with van der Waals surface area (Å²) in [6, 6.07) is 4.00. The van der Waals surface area contributed by atoms with E-state index in [4.69, 9.17) is 11.6 Å². The predicted octanol–water partition coefficient (Wildman–Crippen LogP) is 1.86. The molecule has 2 aliphatic heterocycles. The van der Waals surface area contributed by atoms with Gasteiger partial charge in [0.1, 0.15) is 24.9 Å². The third-order valence-electron chi connectivity index (χ3n) is 6.14. The average molecular weight is 449 g/mol. The minimum Gasteiger partial charge on any atom is -0.350 e. The molecule has 0 saturated carbocycles. The Bertz CT molecular complexity index is 967. The maximum Gasteiger partial charge on any atom is 0.243 e. The number of rotatable bonds is 5. The van der Waals surface area contributed by atoms with Gasteiger partial charge >= 0.3 is 0 Å². The molecule has 2 aromatic rings. The summed E-state index contributed by atoms with van der Waals surface area (Å²) in [5, 5.41) is 10.7. The molecule has 0 aliphatic carbocycles. The van der Waals surface area contributed by atoms with Crippen LogP contribution in [0.3, 0.4) is 0 Å². The fraction of sp³-hybridized carbons (Fsp3) is 0.524. The molecule has 0 radical (unpaired) electrons. The maximum absolute atomic E-state index is 14.3. The van der Waals surface area contributed by atoms with E-state index in [1.54, 1.807) is 29.2 Å². The highest BCUT2D eigenvalue weighted by Crippen LogP contribution is 2.33. The van der Waals surface area contributed by atoms with Crippen LogP contribution in [0.1, 0.15) is 32.3 Å². The summed E-state index contributed by atoms with van der Waals surface area (Å²) < 4.78 is 15.8. The highest BCUT2D eigenvalue weighted by atomic mass is 35.5. The fourth-order valence-electron chi connectivity index (χ4n) is 4.38. The van der Waals surface area contributed by atoms with Gasteiger partial charge in [-0.2, -0.15) is 5.10 Å². The Labute approximate surface area is 185 Å². The summed E-state index contributed by atoms with van der Waals surface area (Å²) in [7, 11) is 0. The van der Waals surface area contributed by atoms with E-state index >= 15 is 0 Å². The Balaban J connectivity index is 1.48. The minimum atomic E-state index is -1.22. The van der Waals surface area contributed by atoms with Crippen LogP contribution < -0.4 is 10.6 Å². The Morgan fingerprint density at radius 2 is 2.19 bits per heavy atom. The lowest BCUT2D eigenvalue weighted by Crippen LogP contribution is -2.54. The predicted molar refractivity (Wildman–Crippen MR) is 113 cm³/mol. The molecular formula is C21H26ClFN6O2. The van der Waals surface area contributed by atoms with Crippen LogP contribution >= 0.6 is 11.6 Å². The van der Waals surface area contributed by atoms with E-state index in [0.29, 0.717) is 5.02 Å². The molecular weight excluding hydrogens is 423 g/mol. The van der Waals surface area contributed by atoms with Crippen molar-refractivity contribution in [1.29, 1.82) is 0 Å².